The summed E-state index contributed by atoms with van der Waals surface area (Å²) in [5, 5.41) is 10.1. The predicted molar refractivity (Wildman–Crippen MR) is 89.2 cm³/mol. The number of anilines is 1. The number of nitrogens with zero attached hydrogens (tertiary/aromatic N) is 2. The molecule has 1 aliphatic rings. The minimum Gasteiger partial charge on any atom is -0.296 e. The number of nitrogens with one attached hydrogen (secondary N) is 2. The van der Waals surface area contributed by atoms with E-state index >= 15 is 0 Å². The third-order valence-electron chi connectivity index (χ3n) is 3.91. The number of Topliss-reactive ketones (excluding diaryl/α,β-unsaturated/α-hetero) is 1. The lowest BCUT2D eigenvalue weighted by Crippen LogP contribution is -2.26. The molecular weight excluding hydrogens is 312 g/mol. The molecule has 0 spiro atoms. The normalized spacial score (nSPS) is 16.5. The van der Waals surface area contributed by atoms with E-state index in [-0.39, 0.29) is 23.0 Å². The zero-order valence-corrected chi connectivity index (χ0v) is 14.5. The summed E-state index contributed by atoms with van der Waals surface area (Å²) < 4.78 is 0. The van der Waals surface area contributed by atoms with Crippen LogP contribution in [0.3, 0.4) is 0 Å². The minimum absolute atomic E-state index is 0.0756. The Kier molecular flexibility index (Phi) is 3.83. The van der Waals surface area contributed by atoms with E-state index in [4.69, 9.17) is 0 Å². The van der Waals surface area contributed by atoms with E-state index < -0.39 is 0 Å². The number of fused-ring (bicyclic) bond motifs is 1. The second-order valence-corrected chi connectivity index (χ2v) is 8.05. The van der Waals surface area contributed by atoms with Gasteiger partial charge in [0.15, 0.2) is 16.6 Å². The molecule has 0 bridgehead atoms. The van der Waals surface area contributed by atoms with Gasteiger partial charge in [-0.05, 0) is 23.8 Å². The van der Waals surface area contributed by atoms with Crippen molar-refractivity contribution < 1.29 is 9.59 Å². The van der Waals surface area contributed by atoms with Crippen LogP contribution in [0, 0.1) is 5.41 Å². The number of hydrogen-bond acceptors (Lipinski definition) is 5. The van der Waals surface area contributed by atoms with Crippen LogP contribution in [0.2, 0.25) is 0 Å². The molecule has 2 N–H and O–H groups in total. The van der Waals surface area contributed by atoms with Crippen molar-refractivity contribution in [2.45, 2.75) is 46.5 Å². The maximum absolute atomic E-state index is 12.3. The van der Waals surface area contributed by atoms with Gasteiger partial charge in [-0.3, -0.25) is 20.0 Å². The molecule has 3 rings (SSSR count). The van der Waals surface area contributed by atoms with Gasteiger partial charge >= 0.3 is 0 Å². The zero-order chi connectivity index (χ0) is 16.8. The summed E-state index contributed by atoms with van der Waals surface area (Å²) >= 11 is 1.25. The molecule has 0 fully saturated rings. The zero-order valence-electron chi connectivity index (χ0n) is 13.7. The summed E-state index contributed by atoms with van der Waals surface area (Å²) in [6.07, 6.45) is 1.27. The number of carbonyl (C=O) groups excluding carboxylic acids is 2. The van der Waals surface area contributed by atoms with Gasteiger partial charge in [0.2, 0.25) is 0 Å². The lowest BCUT2D eigenvalue weighted by atomic mass is 9.78. The molecule has 2 heterocycles. The number of hydrogen-bond donors (Lipinski definition) is 2. The van der Waals surface area contributed by atoms with Crippen LogP contribution in [0.25, 0.3) is 0 Å². The third kappa shape index (κ3) is 3.19. The highest BCUT2D eigenvalue weighted by molar-refractivity contribution is 7.17. The Morgan fingerprint density at radius 2 is 2.13 bits per heavy atom. The molecular formula is C16H20N4O2S. The Hall–Kier alpha value is -2.02. The van der Waals surface area contributed by atoms with Crippen molar-refractivity contribution in [3.63, 3.8) is 0 Å². The molecule has 2 aromatic heterocycles. The molecule has 6 nitrogen and oxygen atoms in total. The van der Waals surface area contributed by atoms with Gasteiger partial charge in [-0.25, -0.2) is 4.98 Å². The first-order valence-electron chi connectivity index (χ1n) is 7.65. The maximum Gasteiger partial charge on any atom is 0.277 e. The van der Waals surface area contributed by atoms with Crippen LogP contribution < -0.4 is 5.32 Å². The summed E-state index contributed by atoms with van der Waals surface area (Å²) in [6.45, 7) is 8.17. The molecule has 0 atom stereocenters. The van der Waals surface area contributed by atoms with Gasteiger partial charge < -0.3 is 0 Å². The fourth-order valence-corrected chi connectivity index (χ4v) is 3.60. The van der Waals surface area contributed by atoms with Crippen molar-refractivity contribution in [1.29, 1.82) is 0 Å². The second-order valence-electron chi connectivity index (χ2n) is 7.05. The van der Waals surface area contributed by atoms with Gasteiger partial charge in [-0.2, -0.15) is 5.10 Å². The second kappa shape index (κ2) is 5.56. The van der Waals surface area contributed by atoms with Crippen LogP contribution >= 0.6 is 11.3 Å². The van der Waals surface area contributed by atoms with Crippen molar-refractivity contribution in [3.05, 3.63) is 28.0 Å². The first kappa shape index (κ1) is 15.9. The lowest BCUT2D eigenvalue weighted by Gasteiger charge is -2.26. The third-order valence-corrected chi connectivity index (χ3v) is 4.96. The summed E-state index contributed by atoms with van der Waals surface area (Å²) in [4.78, 5) is 29.6. The standard InChI is InChI=1S/C16H20N4O2S/c1-8(2)9-5-10(20-19-9)14(22)18-15-17-11-6-16(3,4)7-12(21)13(11)23-15/h5,8H,6-7H2,1-4H3,(H,19,20)(H,17,18,22). The van der Waals surface area contributed by atoms with Crippen molar-refractivity contribution in [2.75, 3.05) is 5.32 Å². The minimum atomic E-state index is -0.314. The monoisotopic (exact) mass is 332 g/mol. The molecule has 122 valence electrons. The number of thiazole rings is 1. The molecule has 1 aliphatic carbocycles. The van der Waals surface area contributed by atoms with Crippen LogP contribution in [-0.4, -0.2) is 26.9 Å². The van der Waals surface area contributed by atoms with Gasteiger partial charge in [-0.15, -0.1) is 0 Å². The number of carbonyl (C=O) groups is 2. The Labute approximate surface area is 138 Å². The fourth-order valence-electron chi connectivity index (χ4n) is 2.68. The molecule has 0 saturated heterocycles. The molecule has 0 unspecified atom stereocenters. The smallest absolute Gasteiger partial charge is 0.277 e. The van der Waals surface area contributed by atoms with Crippen molar-refractivity contribution in [3.8, 4) is 0 Å². The number of ketones is 1. The summed E-state index contributed by atoms with van der Waals surface area (Å²) in [6, 6.07) is 1.74. The lowest BCUT2D eigenvalue weighted by molar-refractivity contribution is 0.0915. The number of aromatic nitrogens is 3. The number of rotatable bonds is 3. The highest BCUT2D eigenvalue weighted by Crippen LogP contribution is 2.38. The topological polar surface area (TPSA) is 87.7 Å². The number of H-pyrrole nitrogens is 1. The molecule has 0 radical (unpaired) electrons. The SMILES string of the molecule is CC(C)c1cc(C(=O)Nc2nc3c(s2)C(=O)CC(C)(C)C3)n[nH]1. The highest BCUT2D eigenvalue weighted by Gasteiger charge is 2.34. The van der Waals surface area contributed by atoms with Crippen molar-refractivity contribution >= 4 is 28.2 Å². The van der Waals surface area contributed by atoms with E-state index in [2.05, 4.69) is 34.3 Å². The fraction of sp³-hybridized carbons (Fsp3) is 0.500. The van der Waals surface area contributed by atoms with Crippen LogP contribution in [-0.2, 0) is 6.42 Å². The van der Waals surface area contributed by atoms with E-state index in [1.807, 2.05) is 13.8 Å². The molecule has 23 heavy (non-hydrogen) atoms. The summed E-state index contributed by atoms with van der Waals surface area (Å²) in [5.41, 5.74) is 1.95. The molecule has 1 amide bonds. The molecule has 2 aromatic rings. The summed E-state index contributed by atoms with van der Waals surface area (Å²) in [7, 11) is 0. The average molecular weight is 332 g/mol. The van der Waals surface area contributed by atoms with Gasteiger partial charge in [-0.1, -0.05) is 39.0 Å². The quantitative estimate of drug-likeness (QED) is 0.901. The molecule has 0 aliphatic heterocycles. The maximum atomic E-state index is 12.3. The van der Waals surface area contributed by atoms with E-state index in [1.165, 1.54) is 11.3 Å². The molecule has 7 heteroatoms. The Morgan fingerprint density at radius 1 is 1.39 bits per heavy atom. The highest BCUT2D eigenvalue weighted by atomic mass is 32.1. The van der Waals surface area contributed by atoms with Crippen LogP contribution in [0.5, 0.6) is 0 Å². The molecule has 0 aromatic carbocycles. The van der Waals surface area contributed by atoms with E-state index in [0.717, 1.165) is 17.8 Å². The number of amides is 1. The van der Waals surface area contributed by atoms with E-state index in [0.29, 0.717) is 22.1 Å². The van der Waals surface area contributed by atoms with Crippen molar-refractivity contribution in [2.24, 2.45) is 5.41 Å². The van der Waals surface area contributed by atoms with Crippen LogP contribution in [0.15, 0.2) is 6.07 Å². The summed E-state index contributed by atoms with van der Waals surface area (Å²) in [5.74, 6) is 0.0677. The van der Waals surface area contributed by atoms with E-state index in [9.17, 15) is 9.59 Å². The Bertz CT molecular complexity index is 773. The first-order valence-corrected chi connectivity index (χ1v) is 8.46. The van der Waals surface area contributed by atoms with Gasteiger partial charge in [0, 0.05) is 12.1 Å². The van der Waals surface area contributed by atoms with Crippen molar-refractivity contribution in [1.82, 2.24) is 15.2 Å². The van der Waals surface area contributed by atoms with Crippen LogP contribution in [0.4, 0.5) is 5.13 Å². The predicted octanol–water partition coefficient (Wildman–Crippen LogP) is 3.40. The van der Waals surface area contributed by atoms with E-state index in [1.54, 1.807) is 6.07 Å². The Morgan fingerprint density at radius 3 is 2.78 bits per heavy atom. The van der Waals surface area contributed by atoms with Gasteiger partial charge in [0.1, 0.15) is 0 Å². The Balaban J connectivity index is 1.79. The largest absolute Gasteiger partial charge is 0.296 e. The van der Waals surface area contributed by atoms with Crippen LogP contribution in [0.1, 0.15) is 71.6 Å². The number of aromatic amines is 1. The molecule has 0 saturated carbocycles. The van der Waals surface area contributed by atoms with Gasteiger partial charge in [0.25, 0.3) is 5.91 Å². The average Bonchev–Trinajstić information content (AvgIpc) is 3.03. The first-order chi connectivity index (χ1) is 10.7. The van der Waals surface area contributed by atoms with Gasteiger partial charge in [0.05, 0.1) is 10.6 Å².